The molecule has 2 aromatic rings. The Morgan fingerprint density at radius 2 is 1.90 bits per heavy atom. The molecule has 20 heavy (non-hydrogen) atoms. The smallest absolute Gasteiger partial charge is 0.269 e. The highest BCUT2D eigenvalue weighted by Crippen LogP contribution is 2.24. The Hall–Kier alpha value is -2.05. The van der Waals surface area contributed by atoms with Gasteiger partial charge in [-0.2, -0.15) is 5.26 Å². The zero-order valence-electron chi connectivity index (χ0n) is 11.4. The van der Waals surface area contributed by atoms with Crippen LogP contribution in [0.5, 0.6) is 0 Å². The van der Waals surface area contributed by atoms with Crippen molar-refractivity contribution in [3.05, 3.63) is 57.3 Å². The summed E-state index contributed by atoms with van der Waals surface area (Å²) in [6.45, 7) is 3.99. The summed E-state index contributed by atoms with van der Waals surface area (Å²) in [4.78, 5) is 12.4. The minimum Gasteiger partial charge on any atom is -0.304 e. The van der Waals surface area contributed by atoms with Crippen LogP contribution >= 0.6 is 11.6 Å². The fourth-order valence-electron chi connectivity index (χ4n) is 2.11. The first-order chi connectivity index (χ1) is 9.58. The van der Waals surface area contributed by atoms with Crippen molar-refractivity contribution in [1.82, 2.24) is 4.57 Å². The highest BCUT2D eigenvalue weighted by Gasteiger charge is 2.14. The molecule has 2 rings (SSSR count). The lowest BCUT2D eigenvalue weighted by molar-refractivity contribution is 0.519. The maximum atomic E-state index is 12.4. The third kappa shape index (κ3) is 2.61. The van der Waals surface area contributed by atoms with E-state index in [4.69, 9.17) is 16.9 Å². The van der Waals surface area contributed by atoms with Gasteiger partial charge in [-0.05, 0) is 43.2 Å². The van der Waals surface area contributed by atoms with Gasteiger partial charge in [-0.1, -0.05) is 30.7 Å². The molecule has 1 unspecified atom stereocenters. The highest BCUT2D eigenvalue weighted by atomic mass is 35.5. The monoisotopic (exact) mass is 286 g/mol. The summed E-state index contributed by atoms with van der Waals surface area (Å²) < 4.78 is 1.68. The number of pyridine rings is 1. The van der Waals surface area contributed by atoms with E-state index >= 15 is 0 Å². The summed E-state index contributed by atoms with van der Waals surface area (Å²) in [5, 5.41) is 9.67. The van der Waals surface area contributed by atoms with Crippen LogP contribution in [0.25, 0.3) is 11.3 Å². The van der Waals surface area contributed by atoms with E-state index in [-0.39, 0.29) is 17.2 Å². The van der Waals surface area contributed by atoms with E-state index in [0.29, 0.717) is 5.02 Å². The van der Waals surface area contributed by atoms with Gasteiger partial charge in [-0.15, -0.1) is 0 Å². The van der Waals surface area contributed by atoms with Crippen LogP contribution in [0.15, 0.2) is 41.2 Å². The number of benzene rings is 1. The van der Waals surface area contributed by atoms with Crippen LogP contribution in [0, 0.1) is 11.3 Å². The SMILES string of the molecule is CCC(C)n1c(-c2ccc(Cl)cc2)ccc(C#N)c1=O. The van der Waals surface area contributed by atoms with Crippen LogP contribution in [-0.4, -0.2) is 4.57 Å². The molecule has 0 N–H and O–H groups in total. The lowest BCUT2D eigenvalue weighted by Crippen LogP contribution is -2.26. The predicted molar refractivity (Wildman–Crippen MR) is 80.9 cm³/mol. The van der Waals surface area contributed by atoms with Crippen LogP contribution in [-0.2, 0) is 0 Å². The largest absolute Gasteiger partial charge is 0.304 e. The molecular formula is C16H15ClN2O. The van der Waals surface area contributed by atoms with Gasteiger partial charge in [-0.25, -0.2) is 0 Å². The molecule has 3 nitrogen and oxygen atoms in total. The Bertz CT molecular complexity index is 711. The Morgan fingerprint density at radius 1 is 1.25 bits per heavy atom. The Morgan fingerprint density at radius 3 is 2.45 bits per heavy atom. The molecule has 0 aliphatic rings. The van der Waals surface area contributed by atoms with Gasteiger partial charge in [0.05, 0.1) is 5.69 Å². The number of hydrogen-bond donors (Lipinski definition) is 0. The minimum absolute atomic E-state index is 0.0291. The Balaban J connectivity index is 2.70. The Labute approximate surface area is 123 Å². The van der Waals surface area contributed by atoms with Gasteiger partial charge in [0.2, 0.25) is 0 Å². The van der Waals surface area contributed by atoms with E-state index in [2.05, 4.69) is 0 Å². The summed E-state index contributed by atoms with van der Waals surface area (Å²) in [5.41, 5.74) is 1.65. The third-order valence-electron chi connectivity index (χ3n) is 3.41. The standard InChI is InChI=1S/C16H15ClN2O/c1-3-11(2)19-15(9-6-13(10-18)16(19)20)12-4-7-14(17)8-5-12/h4-9,11H,3H2,1-2H3. The first-order valence-electron chi connectivity index (χ1n) is 6.50. The molecule has 1 atom stereocenters. The maximum absolute atomic E-state index is 12.4. The average molecular weight is 287 g/mol. The van der Waals surface area contributed by atoms with Crippen LogP contribution in [0.2, 0.25) is 5.02 Å². The van der Waals surface area contributed by atoms with Crippen LogP contribution in [0.3, 0.4) is 0 Å². The lowest BCUT2D eigenvalue weighted by atomic mass is 10.1. The van der Waals surface area contributed by atoms with E-state index in [1.54, 1.807) is 22.8 Å². The minimum atomic E-state index is -0.241. The molecule has 0 saturated carbocycles. The number of halogens is 1. The second-order valence-corrected chi connectivity index (χ2v) is 5.12. The van der Waals surface area contributed by atoms with E-state index in [9.17, 15) is 4.79 Å². The van der Waals surface area contributed by atoms with Crippen molar-refractivity contribution < 1.29 is 0 Å². The van der Waals surface area contributed by atoms with Gasteiger partial charge in [-0.3, -0.25) is 4.79 Å². The summed E-state index contributed by atoms with van der Waals surface area (Å²) >= 11 is 5.90. The van der Waals surface area contributed by atoms with Crippen molar-refractivity contribution in [1.29, 1.82) is 5.26 Å². The fourth-order valence-corrected chi connectivity index (χ4v) is 2.24. The van der Waals surface area contributed by atoms with E-state index < -0.39 is 0 Å². The topological polar surface area (TPSA) is 45.8 Å². The second-order valence-electron chi connectivity index (χ2n) is 4.68. The molecule has 0 radical (unpaired) electrons. The van der Waals surface area contributed by atoms with E-state index in [1.807, 2.05) is 38.1 Å². The number of aromatic nitrogens is 1. The molecule has 4 heteroatoms. The first kappa shape index (κ1) is 14.4. The van der Waals surface area contributed by atoms with Crippen LogP contribution < -0.4 is 5.56 Å². The summed E-state index contributed by atoms with van der Waals surface area (Å²) in [5.74, 6) is 0. The van der Waals surface area contributed by atoms with Gasteiger partial charge in [0.25, 0.3) is 5.56 Å². The average Bonchev–Trinajstić information content (AvgIpc) is 2.47. The van der Waals surface area contributed by atoms with E-state index in [0.717, 1.165) is 17.7 Å². The quantitative estimate of drug-likeness (QED) is 0.856. The molecule has 1 aromatic heterocycles. The van der Waals surface area contributed by atoms with Crippen molar-refractivity contribution in [2.75, 3.05) is 0 Å². The van der Waals surface area contributed by atoms with Gasteiger partial charge in [0.1, 0.15) is 11.6 Å². The molecule has 0 bridgehead atoms. The van der Waals surface area contributed by atoms with Gasteiger partial charge < -0.3 is 4.57 Å². The molecule has 1 aromatic carbocycles. The van der Waals surface area contributed by atoms with Crippen LogP contribution in [0.1, 0.15) is 31.9 Å². The molecule has 0 saturated heterocycles. The van der Waals surface area contributed by atoms with Crippen molar-refractivity contribution in [2.45, 2.75) is 26.3 Å². The second kappa shape index (κ2) is 5.94. The van der Waals surface area contributed by atoms with Crippen molar-refractivity contribution in [3.8, 4) is 17.3 Å². The molecule has 0 spiro atoms. The highest BCUT2D eigenvalue weighted by molar-refractivity contribution is 6.30. The number of nitriles is 1. The molecule has 0 amide bonds. The first-order valence-corrected chi connectivity index (χ1v) is 6.87. The van der Waals surface area contributed by atoms with Crippen molar-refractivity contribution in [2.24, 2.45) is 0 Å². The fraction of sp³-hybridized carbons (Fsp3) is 0.250. The number of hydrogen-bond acceptors (Lipinski definition) is 2. The lowest BCUT2D eigenvalue weighted by Gasteiger charge is -2.19. The maximum Gasteiger partial charge on any atom is 0.269 e. The molecule has 0 fully saturated rings. The summed E-state index contributed by atoms with van der Waals surface area (Å²) in [6, 6.07) is 12.7. The zero-order chi connectivity index (χ0) is 14.7. The van der Waals surface area contributed by atoms with Crippen molar-refractivity contribution >= 4 is 11.6 Å². The molecule has 0 aliphatic carbocycles. The Kier molecular flexibility index (Phi) is 4.26. The number of rotatable bonds is 3. The van der Waals surface area contributed by atoms with E-state index in [1.165, 1.54) is 0 Å². The van der Waals surface area contributed by atoms with Gasteiger partial charge in [0.15, 0.2) is 0 Å². The molecular weight excluding hydrogens is 272 g/mol. The summed E-state index contributed by atoms with van der Waals surface area (Å²) in [7, 11) is 0. The number of nitrogens with zero attached hydrogens (tertiary/aromatic N) is 2. The summed E-state index contributed by atoms with van der Waals surface area (Å²) in [6.07, 6.45) is 0.815. The third-order valence-corrected chi connectivity index (χ3v) is 3.66. The van der Waals surface area contributed by atoms with Gasteiger partial charge >= 0.3 is 0 Å². The predicted octanol–water partition coefficient (Wildman–Crippen LogP) is 4.01. The van der Waals surface area contributed by atoms with Crippen molar-refractivity contribution in [3.63, 3.8) is 0 Å². The van der Waals surface area contributed by atoms with Crippen LogP contribution in [0.4, 0.5) is 0 Å². The molecule has 102 valence electrons. The normalized spacial score (nSPS) is 11.9. The molecule has 0 aliphatic heterocycles. The molecule has 1 heterocycles. The zero-order valence-corrected chi connectivity index (χ0v) is 12.2. The van der Waals surface area contributed by atoms with Gasteiger partial charge in [0, 0.05) is 11.1 Å².